The first kappa shape index (κ1) is 67.3. The third kappa shape index (κ3) is 57.1. The molecule has 0 saturated carbocycles. The molecule has 6 heteroatoms. The van der Waals surface area contributed by atoms with Crippen LogP contribution in [0.5, 0.6) is 0 Å². The van der Waals surface area contributed by atoms with Crippen LogP contribution in [0.25, 0.3) is 0 Å². The van der Waals surface area contributed by atoms with Gasteiger partial charge in [-0.15, -0.1) is 0 Å². The molecule has 0 aliphatic carbocycles. The number of ether oxygens (including phenoxy) is 3. The normalized spacial score (nSPS) is 12.8. The second-order valence-corrected chi connectivity index (χ2v) is 19.5. The maximum Gasteiger partial charge on any atom is 0.306 e. The maximum atomic E-state index is 12.9. The lowest BCUT2D eigenvalue weighted by molar-refractivity contribution is -0.167. The molecule has 0 unspecified atom stereocenters. The van der Waals surface area contributed by atoms with Gasteiger partial charge in [0.05, 0.1) is 0 Å². The van der Waals surface area contributed by atoms with Gasteiger partial charge in [0, 0.05) is 19.3 Å². The van der Waals surface area contributed by atoms with Crippen molar-refractivity contribution in [3.63, 3.8) is 0 Å². The molecule has 0 aliphatic rings. The third-order valence-corrected chi connectivity index (χ3v) is 12.5. The Morgan fingerprint density at radius 2 is 0.549 bits per heavy atom. The van der Waals surface area contributed by atoms with Crippen molar-refractivity contribution in [3.05, 3.63) is 97.2 Å². The molecule has 0 heterocycles. The van der Waals surface area contributed by atoms with Crippen LogP contribution in [0.2, 0.25) is 0 Å². The zero-order valence-electron chi connectivity index (χ0n) is 46.5. The van der Waals surface area contributed by atoms with E-state index in [4.69, 9.17) is 14.2 Å². The minimum absolute atomic E-state index is 0.0978. The van der Waals surface area contributed by atoms with E-state index < -0.39 is 6.10 Å². The molecule has 71 heavy (non-hydrogen) atoms. The van der Waals surface area contributed by atoms with Crippen LogP contribution in [0, 0.1) is 0 Å². The van der Waals surface area contributed by atoms with E-state index in [1.54, 1.807) is 0 Å². The molecule has 0 N–H and O–H groups in total. The van der Waals surface area contributed by atoms with Crippen molar-refractivity contribution in [2.45, 2.75) is 284 Å². The average molecular weight is 988 g/mol. The number of esters is 3. The van der Waals surface area contributed by atoms with Gasteiger partial charge in [0.25, 0.3) is 0 Å². The van der Waals surface area contributed by atoms with Crippen LogP contribution in [-0.2, 0) is 28.6 Å². The van der Waals surface area contributed by atoms with Crippen molar-refractivity contribution in [1.29, 1.82) is 0 Å². The SMILES string of the molecule is CC/C=C\C/C=C\C/C=C\CCCCCCCC(=O)OC[C@H](COC(=O)CCCCC/C=C\C/C=C\C/C=C\C/C=C\CCCCC)OC(=O)CCCCCCCCCCC/C=C\CCCCCCCC. The summed E-state index contributed by atoms with van der Waals surface area (Å²) in [5.74, 6) is -0.942. The van der Waals surface area contributed by atoms with Crippen LogP contribution in [0.1, 0.15) is 278 Å². The van der Waals surface area contributed by atoms with Crippen LogP contribution >= 0.6 is 0 Å². The van der Waals surface area contributed by atoms with E-state index in [9.17, 15) is 14.4 Å². The smallest absolute Gasteiger partial charge is 0.306 e. The van der Waals surface area contributed by atoms with E-state index >= 15 is 0 Å². The highest BCUT2D eigenvalue weighted by Crippen LogP contribution is 2.15. The summed E-state index contributed by atoms with van der Waals surface area (Å²) in [5.41, 5.74) is 0. The van der Waals surface area contributed by atoms with Gasteiger partial charge >= 0.3 is 17.9 Å². The summed E-state index contributed by atoms with van der Waals surface area (Å²) in [4.78, 5) is 38.2. The first-order chi connectivity index (χ1) is 35.0. The summed E-state index contributed by atoms with van der Waals surface area (Å²) in [6.45, 7) is 6.47. The van der Waals surface area contributed by atoms with Gasteiger partial charge in [-0.2, -0.15) is 0 Å². The Kier molecular flexibility index (Phi) is 55.9. The molecule has 0 radical (unpaired) electrons. The zero-order chi connectivity index (χ0) is 51.4. The number of allylic oxidation sites excluding steroid dienone is 16. The Hall–Kier alpha value is -3.67. The van der Waals surface area contributed by atoms with Crippen molar-refractivity contribution >= 4 is 17.9 Å². The highest BCUT2D eigenvalue weighted by molar-refractivity contribution is 5.71. The quantitative estimate of drug-likeness (QED) is 0.0261. The van der Waals surface area contributed by atoms with Crippen molar-refractivity contribution in [1.82, 2.24) is 0 Å². The van der Waals surface area contributed by atoms with E-state index in [1.165, 1.54) is 116 Å². The molecule has 0 saturated heterocycles. The second-order valence-electron chi connectivity index (χ2n) is 19.5. The molecule has 0 rings (SSSR count). The van der Waals surface area contributed by atoms with E-state index in [2.05, 4.69) is 118 Å². The Morgan fingerprint density at radius 1 is 0.296 bits per heavy atom. The fourth-order valence-corrected chi connectivity index (χ4v) is 8.08. The summed E-state index contributed by atoms with van der Waals surface area (Å²) in [6, 6.07) is 0. The van der Waals surface area contributed by atoms with Gasteiger partial charge in [-0.25, -0.2) is 0 Å². The summed E-state index contributed by atoms with van der Waals surface area (Å²) in [5, 5.41) is 0. The number of carbonyl (C=O) groups is 3. The van der Waals surface area contributed by atoms with Gasteiger partial charge in [-0.05, 0) is 122 Å². The number of carbonyl (C=O) groups excluding carboxylic acids is 3. The number of rotatable bonds is 53. The van der Waals surface area contributed by atoms with Crippen molar-refractivity contribution in [2.75, 3.05) is 13.2 Å². The lowest BCUT2D eigenvalue weighted by atomic mass is 10.1. The van der Waals surface area contributed by atoms with Crippen LogP contribution < -0.4 is 0 Å². The van der Waals surface area contributed by atoms with Crippen LogP contribution in [0.15, 0.2) is 97.2 Å². The molecule has 0 bridgehead atoms. The lowest BCUT2D eigenvalue weighted by Gasteiger charge is -2.18. The highest BCUT2D eigenvalue weighted by Gasteiger charge is 2.19. The Morgan fingerprint density at radius 3 is 0.915 bits per heavy atom. The number of hydrogen-bond acceptors (Lipinski definition) is 6. The van der Waals surface area contributed by atoms with E-state index in [-0.39, 0.29) is 31.1 Å². The summed E-state index contributed by atoms with van der Waals surface area (Å²) in [7, 11) is 0. The predicted octanol–water partition coefficient (Wildman–Crippen LogP) is 20.1. The minimum atomic E-state index is -0.801. The van der Waals surface area contributed by atoms with Crippen molar-refractivity contribution < 1.29 is 28.6 Å². The van der Waals surface area contributed by atoms with Crippen LogP contribution in [0.3, 0.4) is 0 Å². The Labute approximate surface area is 438 Å². The van der Waals surface area contributed by atoms with Crippen LogP contribution in [0.4, 0.5) is 0 Å². The molecular weight excluding hydrogens is 877 g/mol. The number of hydrogen-bond donors (Lipinski definition) is 0. The number of unbranched alkanes of at least 4 members (excludes halogenated alkanes) is 26. The highest BCUT2D eigenvalue weighted by atomic mass is 16.6. The molecule has 0 amide bonds. The zero-order valence-corrected chi connectivity index (χ0v) is 46.5. The Balaban J connectivity index is 4.46. The molecule has 6 nitrogen and oxygen atoms in total. The third-order valence-electron chi connectivity index (χ3n) is 12.5. The molecule has 0 spiro atoms. The van der Waals surface area contributed by atoms with Gasteiger partial charge in [0.15, 0.2) is 6.10 Å². The molecular formula is C65H110O6. The summed E-state index contributed by atoms with van der Waals surface area (Å²) >= 11 is 0. The minimum Gasteiger partial charge on any atom is -0.462 e. The maximum absolute atomic E-state index is 12.9. The van der Waals surface area contributed by atoms with Gasteiger partial charge in [0.2, 0.25) is 0 Å². The molecule has 0 aromatic carbocycles. The second kappa shape index (κ2) is 58.9. The van der Waals surface area contributed by atoms with Gasteiger partial charge in [-0.3, -0.25) is 14.4 Å². The molecule has 406 valence electrons. The topological polar surface area (TPSA) is 78.9 Å². The average Bonchev–Trinajstić information content (AvgIpc) is 3.37. The van der Waals surface area contributed by atoms with Gasteiger partial charge in [0.1, 0.15) is 13.2 Å². The van der Waals surface area contributed by atoms with E-state index in [1.807, 2.05) is 0 Å². The molecule has 0 aliphatic heterocycles. The monoisotopic (exact) mass is 987 g/mol. The molecule has 0 aromatic rings. The largest absolute Gasteiger partial charge is 0.462 e. The van der Waals surface area contributed by atoms with E-state index in [0.717, 1.165) is 122 Å². The van der Waals surface area contributed by atoms with Crippen LogP contribution in [-0.4, -0.2) is 37.2 Å². The van der Waals surface area contributed by atoms with Gasteiger partial charge in [-0.1, -0.05) is 234 Å². The summed E-state index contributed by atoms with van der Waals surface area (Å²) < 4.78 is 16.9. The Bertz CT molecular complexity index is 1410. The summed E-state index contributed by atoms with van der Waals surface area (Å²) in [6.07, 6.45) is 78.2. The molecule has 1 atom stereocenters. The first-order valence-electron chi connectivity index (χ1n) is 29.7. The lowest BCUT2D eigenvalue weighted by Crippen LogP contribution is -2.30. The predicted molar refractivity (Wildman–Crippen MR) is 307 cm³/mol. The molecule has 0 aromatic heterocycles. The van der Waals surface area contributed by atoms with Crippen molar-refractivity contribution in [2.24, 2.45) is 0 Å². The molecule has 0 fully saturated rings. The fraction of sp³-hybridized carbons (Fsp3) is 0.708. The first-order valence-corrected chi connectivity index (χ1v) is 29.7. The van der Waals surface area contributed by atoms with Gasteiger partial charge < -0.3 is 14.2 Å². The fourth-order valence-electron chi connectivity index (χ4n) is 8.08. The van der Waals surface area contributed by atoms with Crippen molar-refractivity contribution in [3.8, 4) is 0 Å². The standard InChI is InChI=1S/C65H110O6/c1-4-7-10-13-16-19-22-25-28-30-32-34-37-40-43-46-49-52-55-58-64(67)70-61-62(60-69-63(66)57-54-51-48-45-42-39-36-27-24-21-18-15-12-9-6-3)71-65(68)59-56-53-50-47-44-41-38-35-33-31-29-26-23-20-17-14-11-8-5-2/h9,12,16,18-19,21,25-29,32,34,36,40,43,62H,4-8,10-11,13-15,17,20,22-24,30-31,33,35,37-39,41-42,44-61H2,1-3H3/b12-9-,19-16-,21-18-,28-25-,29-26-,34-32-,36-27-,43-40-/t62-/m1/s1. The van der Waals surface area contributed by atoms with E-state index in [0.29, 0.717) is 19.3 Å².